The van der Waals surface area contributed by atoms with Crippen molar-refractivity contribution in [2.75, 3.05) is 13.1 Å². The lowest BCUT2D eigenvalue weighted by atomic mass is 9.92. The number of piperidine rings is 1. The van der Waals surface area contributed by atoms with Gasteiger partial charge in [-0.05, 0) is 50.4 Å². The van der Waals surface area contributed by atoms with Crippen molar-refractivity contribution in [3.8, 4) is 0 Å². The first-order chi connectivity index (χ1) is 11.1. The molecule has 1 fully saturated rings. The Morgan fingerprint density at radius 1 is 1.29 bits per heavy atom. The van der Waals surface area contributed by atoms with E-state index in [0.717, 1.165) is 31.4 Å². The molecular formula is C18H28ClN3O2. The lowest BCUT2D eigenvalue weighted by Gasteiger charge is -2.27. The zero-order chi connectivity index (χ0) is 16.7. The van der Waals surface area contributed by atoms with E-state index in [2.05, 4.69) is 22.9 Å². The molecule has 0 saturated carbocycles. The Bertz CT molecular complexity index is 551. The predicted molar refractivity (Wildman–Crippen MR) is 98.3 cm³/mol. The molecule has 0 spiro atoms. The molecule has 1 aromatic carbocycles. The van der Waals surface area contributed by atoms with E-state index in [-0.39, 0.29) is 30.1 Å². The van der Waals surface area contributed by atoms with Crippen LogP contribution in [-0.2, 0) is 11.3 Å². The van der Waals surface area contributed by atoms with E-state index >= 15 is 0 Å². The van der Waals surface area contributed by atoms with Gasteiger partial charge in [-0.2, -0.15) is 0 Å². The van der Waals surface area contributed by atoms with Gasteiger partial charge in [-0.1, -0.05) is 19.1 Å². The fourth-order valence-corrected chi connectivity index (χ4v) is 2.87. The molecule has 1 aliphatic heterocycles. The lowest BCUT2D eigenvalue weighted by Crippen LogP contribution is -2.42. The number of hydrogen-bond acceptors (Lipinski definition) is 3. The van der Waals surface area contributed by atoms with Crippen LogP contribution in [0.1, 0.15) is 49.0 Å². The second-order valence-corrected chi connectivity index (χ2v) is 6.25. The Hall–Kier alpha value is -1.59. The van der Waals surface area contributed by atoms with Gasteiger partial charge in [-0.25, -0.2) is 0 Å². The fourth-order valence-electron chi connectivity index (χ4n) is 2.87. The molecule has 2 amide bonds. The molecule has 2 rings (SSSR count). The van der Waals surface area contributed by atoms with Crippen molar-refractivity contribution in [3.05, 3.63) is 35.4 Å². The van der Waals surface area contributed by atoms with Gasteiger partial charge in [0.2, 0.25) is 5.91 Å². The minimum atomic E-state index is -0.0628. The summed E-state index contributed by atoms with van der Waals surface area (Å²) in [5, 5.41) is 9.22. The highest BCUT2D eigenvalue weighted by Crippen LogP contribution is 2.16. The van der Waals surface area contributed by atoms with Crippen molar-refractivity contribution in [3.63, 3.8) is 0 Å². The summed E-state index contributed by atoms with van der Waals surface area (Å²) in [6, 6.07) is 7.82. The summed E-state index contributed by atoms with van der Waals surface area (Å²) in [5.74, 6) is 0.133. The second kappa shape index (κ2) is 10.3. The largest absolute Gasteiger partial charge is 0.352 e. The summed E-state index contributed by atoms with van der Waals surface area (Å²) in [4.78, 5) is 24.2. The molecule has 0 bridgehead atoms. The van der Waals surface area contributed by atoms with E-state index < -0.39 is 0 Å². The summed E-state index contributed by atoms with van der Waals surface area (Å²) >= 11 is 0. The molecule has 5 nitrogen and oxygen atoms in total. The molecule has 134 valence electrons. The predicted octanol–water partition coefficient (Wildman–Crippen LogP) is 2.25. The van der Waals surface area contributed by atoms with Gasteiger partial charge in [-0.3, -0.25) is 9.59 Å². The van der Waals surface area contributed by atoms with Crippen molar-refractivity contribution >= 4 is 24.2 Å². The monoisotopic (exact) mass is 353 g/mol. The quantitative estimate of drug-likeness (QED) is 0.734. The van der Waals surface area contributed by atoms with Crippen LogP contribution >= 0.6 is 12.4 Å². The second-order valence-electron chi connectivity index (χ2n) is 6.25. The number of rotatable bonds is 6. The number of nitrogens with one attached hydrogen (secondary N) is 3. The van der Waals surface area contributed by atoms with Crippen LogP contribution in [0.2, 0.25) is 0 Å². The first-order valence-electron chi connectivity index (χ1n) is 8.48. The van der Waals surface area contributed by atoms with Crippen LogP contribution in [0.3, 0.4) is 0 Å². The van der Waals surface area contributed by atoms with Crippen molar-refractivity contribution in [1.29, 1.82) is 0 Å². The van der Waals surface area contributed by atoms with E-state index in [0.29, 0.717) is 24.7 Å². The molecule has 24 heavy (non-hydrogen) atoms. The Morgan fingerprint density at radius 3 is 2.79 bits per heavy atom. The molecule has 0 radical (unpaired) electrons. The third kappa shape index (κ3) is 6.13. The van der Waals surface area contributed by atoms with Crippen LogP contribution in [0.4, 0.5) is 0 Å². The van der Waals surface area contributed by atoms with E-state index in [1.54, 1.807) is 6.07 Å². The molecular weight excluding hydrogens is 326 g/mol. The van der Waals surface area contributed by atoms with E-state index in [9.17, 15) is 9.59 Å². The average Bonchev–Trinajstić information content (AvgIpc) is 2.57. The van der Waals surface area contributed by atoms with Gasteiger partial charge in [-0.15, -0.1) is 12.4 Å². The molecule has 0 aliphatic carbocycles. The molecule has 1 aromatic rings. The smallest absolute Gasteiger partial charge is 0.251 e. The maximum atomic E-state index is 12.3. The van der Waals surface area contributed by atoms with Gasteiger partial charge in [0.15, 0.2) is 0 Å². The topological polar surface area (TPSA) is 70.2 Å². The maximum absolute atomic E-state index is 12.3. The normalized spacial score (nSPS) is 19.9. The van der Waals surface area contributed by atoms with Gasteiger partial charge >= 0.3 is 0 Å². The van der Waals surface area contributed by atoms with Gasteiger partial charge in [0.25, 0.3) is 5.91 Å². The van der Waals surface area contributed by atoms with Crippen LogP contribution in [0.15, 0.2) is 24.3 Å². The van der Waals surface area contributed by atoms with E-state index in [4.69, 9.17) is 0 Å². The molecule has 1 aliphatic rings. The summed E-state index contributed by atoms with van der Waals surface area (Å²) < 4.78 is 0. The van der Waals surface area contributed by atoms with Crippen molar-refractivity contribution in [2.45, 2.75) is 45.7 Å². The zero-order valence-electron chi connectivity index (χ0n) is 14.4. The highest BCUT2D eigenvalue weighted by atomic mass is 35.5. The Morgan fingerprint density at radius 2 is 2.08 bits per heavy atom. The summed E-state index contributed by atoms with van der Waals surface area (Å²) in [7, 11) is 0. The molecule has 1 heterocycles. The third-order valence-corrected chi connectivity index (χ3v) is 4.19. The number of halogens is 1. The maximum Gasteiger partial charge on any atom is 0.251 e. The minimum Gasteiger partial charge on any atom is -0.352 e. The molecule has 1 saturated heterocycles. The van der Waals surface area contributed by atoms with Crippen LogP contribution in [0, 0.1) is 5.92 Å². The minimum absolute atomic E-state index is 0. The summed E-state index contributed by atoms with van der Waals surface area (Å²) in [5.41, 5.74) is 1.59. The number of benzene rings is 1. The Labute approximate surface area is 150 Å². The molecule has 0 unspecified atom stereocenters. The first kappa shape index (κ1) is 20.5. The molecule has 3 N–H and O–H groups in total. The lowest BCUT2D eigenvalue weighted by molar-refractivity contribution is -0.126. The Kier molecular flexibility index (Phi) is 8.79. The molecule has 6 heteroatoms. The van der Waals surface area contributed by atoms with Crippen LogP contribution < -0.4 is 16.0 Å². The average molecular weight is 354 g/mol. The summed E-state index contributed by atoms with van der Waals surface area (Å²) in [6.07, 6.45) is 2.68. The molecule has 2 atom stereocenters. The van der Waals surface area contributed by atoms with Gasteiger partial charge in [0, 0.05) is 30.6 Å². The van der Waals surface area contributed by atoms with Crippen molar-refractivity contribution in [2.24, 2.45) is 5.92 Å². The van der Waals surface area contributed by atoms with Crippen LogP contribution in [0.25, 0.3) is 0 Å². The standard InChI is InChI=1S/C18H27N3O2.ClH/c1-3-8-20-17(22)15-6-4-5-14(11-15)12-21-18(23)16-7-9-19-13(2)10-16;/h4-6,11,13,16,19H,3,7-10,12H2,1-2H3,(H,20,22)(H,21,23);1H/t13-,16-;/m0./s1. The fraction of sp³-hybridized carbons (Fsp3) is 0.556. The number of carbonyl (C=O) groups is 2. The number of hydrogen-bond donors (Lipinski definition) is 3. The zero-order valence-corrected chi connectivity index (χ0v) is 15.2. The van der Waals surface area contributed by atoms with Gasteiger partial charge in [0.05, 0.1) is 0 Å². The van der Waals surface area contributed by atoms with Crippen molar-refractivity contribution in [1.82, 2.24) is 16.0 Å². The highest BCUT2D eigenvalue weighted by molar-refractivity contribution is 5.94. The van der Waals surface area contributed by atoms with Crippen molar-refractivity contribution < 1.29 is 9.59 Å². The van der Waals surface area contributed by atoms with Crippen LogP contribution in [0.5, 0.6) is 0 Å². The van der Waals surface area contributed by atoms with E-state index in [1.165, 1.54) is 0 Å². The summed E-state index contributed by atoms with van der Waals surface area (Å²) in [6.45, 7) is 6.16. The highest BCUT2D eigenvalue weighted by Gasteiger charge is 2.24. The van der Waals surface area contributed by atoms with Crippen LogP contribution in [-0.4, -0.2) is 30.9 Å². The Balaban J connectivity index is 0.00000288. The third-order valence-electron chi connectivity index (χ3n) is 4.19. The van der Waals surface area contributed by atoms with Gasteiger partial charge < -0.3 is 16.0 Å². The van der Waals surface area contributed by atoms with E-state index in [1.807, 2.05) is 25.1 Å². The first-order valence-corrected chi connectivity index (χ1v) is 8.48. The number of carbonyl (C=O) groups excluding carboxylic acids is 2. The molecule has 0 aromatic heterocycles. The number of amides is 2. The SMILES string of the molecule is CCCNC(=O)c1cccc(CNC(=O)[C@H]2CCN[C@@H](C)C2)c1.Cl. The van der Waals surface area contributed by atoms with Gasteiger partial charge in [0.1, 0.15) is 0 Å².